The summed E-state index contributed by atoms with van der Waals surface area (Å²) in [7, 11) is 8.50. The fourth-order valence-corrected chi connectivity index (χ4v) is 0.726. The maximum absolute atomic E-state index is 4.57. The molecule has 0 aliphatic heterocycles. The normalized spacial score (nSPS) is 10.3. The van der Waals surface area contributed by atoms with Crippen LogP contribution in [0.2, 0.25) is 0 Å². The minimum absolute atomic E-state index is 0. The SMILES string of the molecule is CC(C)N=C([N-]C(C)C)N(C)C.[CH3-].[Cl][Ru+2]. The van der Waals surface area contributed by atoms with Crippen LogP contribution in [-0.2, 0) is 17.3 Å². The van der Waals surface area contributed by atoms with Crippen molar-refractivity contribution in [3.05, 3.63) is 12.7 Å². The number of rotatable bonds is 2. The van der Waals surface area contributed by atoms with Gasteiger partial charge in [-0.2, -0.15) is 0 Å². The van der Waals surface area contributed by atoms with Gasteiger partial charge in [0.1, 0.15) is 0 Å². The van der Waals surface area contributed by atoms with Crippen molar-refractivity contribution in [2.75, 3.05) is 14.1 Å². The van der Waals surface area contributed by atoms with Gasteiger partial charge in [0.2, 0.25) is 0 Å². The van der Waals surface area contributed by atoms with Crippen LogP contribution in [0.1, 0.15) is 27.7 Å². The van der Waals surface area contributed by atoms with E-state index in [2.05, 4.69) is 47.7 Å². The molecule has 0 saturated heterocycles. The van der Waals surface area contributed by atoms with Crippen molar-refractivity contribution in [3.63, 3.8) is 0 Å². The topological polar surface area (TPSA) is 29.7 Å². The summed E-state index contributed by atoms with van der Waals surface area (Å²) in [5.74, 6) is 0.833. The van der Waals surface area contributed by atoms with Gasteiger partial charge in [-0.1, -0.05) is 27.7 Å². The fourth-order valence-electron chi connectivity index (χ4n) is 0.726. The van der Waals surface area contributed by atoms with Gasteiger partial charge in [0, 0.05) is 5.96 Å². The summed E-state index contributed by atoms with van der Waals surface area (Å²) >= 11 is 1.82. The molecule has 0 aromatic carbocycles. The molecule has 0 spiro atoms. The van der Waals surface area contributed by atoms with E-state index >= 15 is 0 Å². The summed E-state index contributed by atoms with van der Waals surface area (Å²) in [4.78, 5) is 6.34. The first kappa shape index (κ1) is 20.6. The van der Waals surface area contributed by atoms with E-state index in [1.54, 1.807) is 0 Å². The van der Waals surface area contributed by atoms with Gasteiger partial charge in [-0.25, -0.2) is 0 Å². The van der Waals surface area contributed by atoms with Crippen LogP contribution in [0.25, 0.3) is 5.32 Å². The third-order valence-corrected chi connectivity index (χ3v) is 1.15. The van der Waals surface area contributed by atoms with Crippen molar-refractivity contribution >= 4 is 15.7 Å². The predicted molar refractivity (Wildman–Crippen MR) is 67.0 cm³/mol. The molecule has 3 nitrogen and oxygen atoms in total. The van der Waals surface area contributed by atoms with E-state index in [-0.39, 0.29) is 7.43 Å². The van der Waals surface area contributed by atoms with Gasteiger partial charge in [0.05, 0.1) is 0 Å². The van der Waals surface area contributed by atoms with Crippen LogP contribution in [0.3, 0.4) is 0 Å². The standard InChI is InChI=1S/C9H20N3.CH3.ClH.Ru/c1-7(2)10-9(12(5)6)11-8(3)4;;;/h7-8H,1-6H3;1H3;1H;/q2*-1;;+3/p-1. The average Bonchev–Trinajstić information content (AvgIpc) is 2.05. The molecule has 0 radical (unpaired) electrons. The minimum atomic E-state index is 0. The van der Waals surface area contributed by atoms with E-state index in [9.17, 15) is 0 Å². The molecule has 0 rings (SSSR count). The number of nitrogens with zero attached hydrogens (tertiary/aromatic N) is 3. The third-order valence-electron chi connectivity index (χ3n) is 1.15. The molecule has 0 saturated carbocycles. The van der Waals surface area contributed by atoms with Crippen LogP contribution in [0, 0.1) is 7.43 Å². The Morgan fingerprint density at radius 2 is 1.60 bits per heavy atom. The van der Waals surface area contributed by atoms with Crippen molar-refractivity contribution in [1.29, 1.82) is 0 Å². The van der Waals surface area contributed by atoms with Gasteiger partial charge in [0.15, 0.2) is 0 Å². The number of hydrogen-bond acceptors (Lipinski definition) is 1. The van der Waals surface area contributed by atoms with E-state index in [0.29, 0.717) is 12.1 Å². The maximum atomic E-state index is 4.57. The molecule has 93 valence electrons. The van der Waals surface area contributed by atoms with Crippen LogP contribution < -0.4 is 0 Å². The molecule has 0 aromatic rings. The molecule has 0 fully saturated rings. The van der Waals surface area contributed by atoms with Crippen LogP contribution in [-0.4, -0.2) is 37.0 Å². The van der Waals surface area contributed by atoms with E-state index in [0.717, 1.165) is 5.96 Å². The Morgan fingerprint density at radius 1 is 1.20 bits per heavy atom. The van der Waals surface area contributed by atoms with Gasteiger partial charge >= 0.3 is 27.0 Å². The number of aliphatic imine (C=N–C) groups is 1. The Labute approximate surface area is 109 Å². The molecular weight excluding hydrogens is 299 g/mol. The first-order chi connectivity index (χ1) is 6.43. The van der Waals surface area contributed by atoms with Crippen molar-refractivity contribution in [3.8, 4) is 0 Å². The van der Waals surface area contributed by atoms with Gasteiger partial charge in [-0.05, 0) is 26.2 Å². The Bertz CT molecular complexity index is 159. The molecule has 0 atom stereocenters. The van der Waals surface area contributed by atoms with Gasteiger partial charge in [-0.15, -0.1) is 0 Å². The van der Waals surface area contributed by atoms with Crippen molar-refractivity contribution in [2.45, 2.75) is 39.8 Å². The quantitative estimate of drug-likeness (QED) is 0.332. The van der Waals surface area contributed by atoms with Crippen LogP contribution in [0.15, 0.2) is 4.99 Å². The second-order valence-electron chi connectivity index (χ2n) is 3.64. The zero-order valence-corrected chi connectivity index (χ0v) is 13.2. The number of halogens is 1. The Balaban J connectivity index is -0.000000449. The summed E-state index contributed by atoms with van der Waals surface area (Å²) in [5.41, 5.74) is 0. The Morgan fingerprint density at radius 3 is 1.80 bits per heavy atom. The Kier molecular flexibility index (Phi) is 16.8. The van der Waals surface area contributed by atoms with Crippen molar-refractivity contribution in [1.82, 2.24) is 4.90 Å². The fraction of sp³-hybridized carbons (Fsp3) is 0.800. The summed E-state index contributed by atoms with van der Waals surface area (Å²) in [6.45, 7) is 8.22. The van der Waals surface area contributed by atoms with E-state index in [1.807, 2.05) is 36.3 Å². The third kappa shape index (κ3) is 14.2. The zero-order chi connectivity index (χ0) is 11.7. The molecule has 0 aliphatic rings. The molecule has 0 N–H and O–H groups in total. The summed E-state index contributed by atoms with van der Waals surface area (Å²) in [6, 6.07) is 0.620. The second-order valence-corrected chi connectivity index (χ2v) is 3.64. The first-order valence-electron chi connectivity index (χ1n) is 4.52. The molecule has 0 aliphatic carbocycles. The summed E-state index contributed by atoms with van der Waals surface area (Å²) in [6.07, 6.45) is 0. The van der Waals surface area contributed by atoms with Gasteiger partial charge < -0.3 is 22.6 Å². The molecule has 0 bridgehead atoms. The van der Waals surface area contributed by atoms with Gasteiger partial charge in [0.25, 0.3) is 0 Å². The van der Waals surface area contributed by atoms with E-state index < -0.39 is 0 Å². The molecule has 0 aromatic heterocycles. The average molecular weight is 322 g/mol. The van der Waals surface area contributed by atoms with Crippen molar-refractivity contribution < 1.29 is 17.3 Å². The van der Waals surface area contributed by atoms with Gasteiger partial charge in [-0.3, -0.25) is 0 Å². The van der Waals surface area contributed by atoms with E-state index in [1.165, 1.54) is 0 Å². The van der Waals surface area contributed by atoms with Crippen LogP contribution in [0.4, 0.5) is 0 Å². The molecule has 15 heavy (non-hydrogen) atoms. The number of guanidine groups is 1. The summed E-state index contributed by atoms with van der Waals surface area (Å²) < 4.78 is 0. The van der Waals surface area contributed by atoms with Crippen molar-refractivity contribution in [2.24, 2.45) is 4.99 Å². The zero-order valence-electron chi connectivity index (χ0n) is 10.7. The number of hydrogen-bond donors (Lipinski definition) is 0. The molecular formula is C10H23ClN3Ru. The van der Waals surface area contributed by atoms with Crippen LogP contribution in [0.5, 0.6) is 0 Å². The predicted octanol–water partition coefficient (Wildman–Crippen LogP) is 3.23. The molecule has 0 heterocycles. The Hall–Kier alpha value is 0.183. The monoisotopic (exact) mass is 322 g/mol. The first-order valence-corrected chi connectivity index (χ1v) is 6.76. The van der Waals surface area contributed by atoms with E-state index in [4.69, 9.17) is 0 Å². The molecule has 0 amide bonds. The molecule has 5 heteroatoms. The molecule has 0 unspecified atom stereocenters. The summed E-state index contributed by atoms with van der Waals surface area (Å²) in [5, 5.41) is 4.39. The second kappa shape index (κ2) is 12.3. The van der Waals surface area contributed by atoms with Crippen LogP contribution >= 0.6 is 9.69 Å².